The maximum Gasteiger partial charge on any atom is 0.112 e. The molecule has 2 heteroatoms. The Bertz CT molecular complexity index is 614. The first-order chi connectivity index (χ1) is 12.6. The van der Waals surface area contributed by atoms with E-state index in [-0.39, 0.29) is 0 Å². The van der Waals surface area contributed by atoms with Crippen LogP contribution in [-0.2, 0) is 9.47 Å². The maximum atomic E-state index is 5.68. The van der Waals surface area contributed by atoms with Crippen LogP contribution in [0.5, 0.6) is 0 Å². The average Bonchev–Trinajstić information content (AvgIpc) is 2.61. The Kier molecular flexibility index (Phi) is 12.2. The minimum atomic E-state index is 0.396. The van der Waals surface area contributed by atoms with E-state index in [1.165, 1.54) is 6.42 Å². The second kappa shape index (κ2) is 13.2. The number of allylic oxidation sites excluding steroid dienone is 5. The van der Waals surface area contributed by atoms with Gasteiger partial charge < -0.3 is 9.47 Å². The first kappa shape index (κ1) is 24.9. The molecule has 0 heterocycles. The summed E-state index contributed by atoms with van der Waals surface area (Å²) in [6, 6.07) is 0. The Balaban J connectivity index is 5.01. The molecule has 0 spiro atoms. The molecule has 150 valence electrons. The fourth-order valence-corrected chi connectivity index (χ4v) is 2.25. The van der Waals surface area contributed by atoms with Crippen LogP contribution in [-0.4, -0.2) is 20.3 Å². The highest BCUT2D eigenvalue weighted by molar-refractivity contribution is 5.51. The monoisotopic (exact) mass is 370 g/mol. The highest BCUT2D eigenvalue weighted by Crippen LogP contribution is 2.23. The Hall–Kier alpha value is -2.06. The first-order valence-electron chi connectivity index (χ1n) is 9.49. The van der Waals surface area contributed by atoms with E-state index in [0.717, 1.165) is 34.3 Å². The van der Waals surface area contributed by atoms with E-state index < -0.39 is 0 Å². The van der Waals surface area contributed by atoms with E-state index in [0.29, 0.717) is 30.8 Å². The summed E-state index contributed by atoms with van der Waals surface area (Å²) in [5.74, 6) is 1.71. The molecule has 0 fully saturated rings. The lowest BCUT2D eigenvalue weighted by Crippen LogP contribution is -2.04. The van der Waals surface area contributed by atoms with Gasteiger partial charge in [0.05, 0.1) is 20.3 Å². The number of hydrogen-bond acceptors (Lipinski definition) is 2. The molecule has 1 atom stereocenters. The van der Waals surface area contributed by atoms with Crippen molar-refractivity contribution in [2.45, 2.75) is 40.5 Å². The smallest absolute Gasteiger partial charge is 0.112 e. The molecule has 0 saturated carbocycles. The molecule has 0 aromatic heterocycles. The van der Waals surface area contributed by atoms with Gasteiger partial charge in [-0.2, -0.15) is 0 Å². The van der Waals surface area contributed by atoms with Gasteiger partial charge in [-0.15, -0.1) is 0 Å². The van der Waals surface area contributed by atoms with Crippen LogP contribution in [0.2, 0.25) is 0 Å². The molecule has 0 amide bonds. The summed E-state index contributed by atoms with van der Waals surface area (Å²) in [6.07, 6.45) is 8.18. The van der Waals surface area contributed by atoms with E-state index in [1.54, 1.807) is 7.11 Å². The zero-order valence-electron chi connectivity index (χ0n) is 18.1. The first-order valence-corrected chi connectivity index (χ1v) is 9.49. The fraction of sp³-hybridized carbons (Fsp3) is 0.440. The van der Waals surface area contributed by atoms with Gasteiger partial charge in [-0.3, -0.25) is 0 Å². The minimum absolute atomic E-state index is 0.396. The summed E-state index contributed by atoms with van der Waals surface area (Å²) >= 11 is 0. The lowest BCUT2D eigenvalue weighted by Gasteiger charge is -2.15. The van der Waals surface area contributed by atoms with E-state index >= 15 is 0 Å². The molecule has 27 heavy (non-hydrogen) atoms. The van der Waals surface area contributed by atoms with Crippen molar-refractivity contribution in [3.63, 3.8) is 0 Å². The van der Waals surface area contributed by atoms with Crippen LogP contribution >= 0.6 is 0 Å². The van der Waals surface area contributed by atoms with Crippen molar-refractivity contribution < 1.29 is 9.47 Å². The van der Waals surface area contributed by atoms with Gasteiger partial charge in [-0.05, 0) is 48.0 Å². The highest BCUT2D eigenvalue weighted by atomic mass is 16.5. The van der Waals surface area contributed by atoms with Crippen molar-refractivity contribution in [1.29, 1.82) is 0 Å². The van der Waals surface area contributed by atoms with Gasteiger partial charge in [0.2, 0.25) is 0 Å². The number of methoxy groups -OCH3 is 1. The summed E-state index contributed by atoms with van der Waals surface area (Å²) in [6.45, 7) is 29.8. The Labute approximate surface area is 167 Å². The SMILES string of the molecule is C=C(C)COC/C(=C/C(=C)OC)C(=C)C(=C)/C=C\C(=C)C(C)CCC(C)C. The lowest BCUT2D eigenvalue weighted by molar-refractivity contribution is 0.181. The second-order valence-electron chi connectivity index (χ2n) is 7.57. The highest BCUT2D eigenvalue weighted by Gasteiger charge is 2.09. The van der Waals surface area contributed by atoms with Crippen molar-refractivity contribution in [3.8, 4) is 0 Å². The molecular formula is C25H38O2. The van der Waals surface area contributed by atoms with Gasteiger partial charge >= 0.3 is 0 Å². The average molecular weight is 371 g/mol. The third-order valence-electron chi connectivity index (χ3n) is 4.29. The normalized spacial score (nSPS) is 12.9. The molecule has 0 aromatic carbocycles. The van der Waals surface area contributed by atoms with Crippen molar-refractivity contribution >= 4 is 0 Å². The van der Waals surface area contributed by atoms with Gasteiger partial charge in [-0.25, -0.2) is 0 Å². The molecule has 0 aromatic rings. The third-order valence-corrected chi connectivity index (χ3v) is 4.29. The van der Waals surface area contributed by atoms with E-state index in [1.807, 2.05) is 25.2 Å². The molecule has 0 saturated heterocycles. The van der Waals surface area contributed by atoms with Crippen LogP contribution < -0.4 is 0 Å². The minimum Gasteiger partial charge on any atom is -0.497 e. The number of rotatable bonds is 14. The van der Waals surface area contributed by atoms with E-state index in [4.69, 9.17) is 9.47 Å². The van der Waals surface area contributed by atoms with E-state index in [9.17, 15) is 0 Å². The summed E-state index contributed by atoms with van der Waals surface area (Å²) in [5, 5.41) is 0. The predicted octanol–water partition coefficient (Wildman–Crippen LogP) is 6.96. The Morgan fingerprint density at radius 3 is 2.07 bits per heavy atom. The molecule has 0 aliphatic rings. The molecule has 2 nitrogen and oxygen atoms in total. The molecule has 0 bridgehead atoms. The quantitative estimate of drug-likeness (QED) is 0.187. The second-order valence-corrected chi connectivity index (χ2v) is 7.57. The van der Waals surface area contributed by atoms with Crippen LogP contribution in [0.3, 0.4) is 0 Å². The fourth-order valence-electron chi connectivity index (χ4n) is 2.25. The maximum absolute atomic E-state index is 5.68. The van der Waals surface area contributed by atoms with Gasteiger partial charge in [-0.1, -0.05) is 83.4 Å². The molecule has 0 N–H and O–H groups in total. The molecule has 0 rings (SSSR count). The van der Waals surface area contributed by atoms with Crippen LogP contribution in [0.25, 0.3) is 0 Å². The van der Waals surface area contributed by atoms with Crippen LogP contribution in [0.4, 0.5) is 0 Å². The van der Waals surface area contributed by atoms with Crippen molar-refractivity contribution in [2.75, 3.05) is 20.3 Å². The summed E-state index contributed by atoms with van der Waals surface area (Å²) in [4.78, 5) is 0. The predicted molar refractivity (Wildman–Crippen MR) is 120 cm³/mol. The van der Waals surface area contributed by atoms with Crippen molar-refractivity contribution in [2.24, 2.45) is 11.8 Å². The number of hydrogen-bond donors (Lipinski definition) is 0. The number of ether oxygens (including phenoxy) is 2. The van der Waals surface area contributed by atoms with Crippen molar-refractivity contribution in [1.82, 2.24) is 0 Å². The summed E-state index contributed by atoms with van der Waals surface area (Å²) < 4.78 is 10.9. The Morgan fingerprint density at radius 2 is 1.56 bits per heavy atom. The third kappa shape index (κ3) is 11.3. The molecule has 0 aliphatic heterocycles. The topological polar surface area (TPSA) is 18.5 Å². The summed E-state index contributed by atoms with van der Waals surface area (Å²) in [5.41, 5.74) is 4.58. The van der Waals surface area contributed by atoms with Gasteiger partial charge in [0, 0.05) is 0 Å². The lowest BCUT2D eigenvalue weighted by atomic mass is 9.92. The zero-order chi connectivity index (χ0) is 21.0. The zero-order valence-corrected chi connectivity index (χ0v) is 18.1. The van der Waals surface area contributed by atoms with Crippen molar-refractivity contribution in [3.05, 3.63) is 84.7 Å². The van der Waals surface area contributed by atoms with Crippen LogP contribution in [0.1, 0.15) is 40.5 Å². The molecule has 1 unspecified atom stereocenters. The van der Waals surface area contributed by atoms with Gasteiger partial charge in [0.1, 0.15) is 5.76 Å². The van der Waals surface area contributed by atoms with Crippen LogP contribution in [0, 0.1) is 11.8 Å². The summed E-state index contributed by atoms with van der Waals surface area (Å²) in [7, 11) is 1.59. The molecule has 0 aliphatic carbocycles. The van der Waals surface area contributed by atoms with Gasteiger partial charge in [0.25, 0.3) is 0 Å². The molecular weight excluding hydrogens is 332 g/mol. The van der Waals surface area contributed by atoms with Gasteiger partial charge in [0.15, 0.2) is 0 Å². The van der Waals surface area contributed by atoms with E-state index in [2.05, 4.69) is 53.7 Å². The molecule has 0 radical (unpaired) electrons. The Morgan fingerprint density at radius 1 is 0.926 bits per heavy atom. The largest absolute Gasteiger partial charge is 0.497 e. The van der Waals surface area contributed by atoms with Crippen LogP contribution in [0.15, 0.2) is 84.7 Å². The standard InChI is InChI=1S/C25H38O2/c1-18(2)11-12-20(5)21(6)13-14-22(7)24(9)25(15-23(8)26-10)17-27-16-19(3)4/h13-15,18,20H,3,6-9,11-12,16-17H2,1-2,4-5,10H3/b14-13-,25-15-.